The molecular formula is C17H14N2O5S. The standard InChI is InChI=1S/C17H14N2O5S/c1-23-17(20)14-7-2-3-8-16(14)25(21,22)19-13-6-4-5-12(9-13)15-10-18-11-24-15/h2-11,19H,1H3. The number of hydrogen-bond donors (Lipinski definition) is 1. The minimum Gasteiger partial charge on any atom is -0.465 e. The van der Waals surface area contributed by atoms with Crippen LogP contribution in [-0.4, -0.2) is 26.5 Å². The fraction of sp³-hybridized carbons (Fsp3) is 0.0588. The number of nitrogens with zero attached hydrogens (tertiary/aromatic N) is 1. The van der Waals surface area contributed by atoms with E-state index >= 15 is 0 Å². The second-order valence-electron chi connectivity index (χ2n) is 5.04. The Morgan fingerprint density at radius 1 is 1.16 bits per heavy atom. The van der Waals surface area contributed by atoms with E-state index in [9.17, 15) is 13.2 Å². The van der Waals surface area contributed by atoms with E-state index in [1.54, 1.807) is 30.3 Å². The number of rotatable bonds is 5. The van der Waals surface area contributed by atoms with Gasteiger partial charge in [-0.15, -0.1) is 0 Å². The van der Waals surface area contributed by atoms with Crippen molar-refractivity contribution in [2.75, 3.05) is 11.8 Å². The van der Waals surface area contributed by atoms with Crippen molar-refractivity contribution in [2.45, 2.75) is 4.90 Å². The molecule has 0 radical (unpaired) electrons. The summed E-state index contributed by atoms with van der Waals surface area (Å²) in [6.07, 6.45) is 2.82. The molecule has 8 heteroatoms. The molecule has 0 unspecified atom stereocenters. The van der Waals surface area contributed by atoms with E-state index in [2.05, 4.69) is 14.4 Å². The number of hydrogen-bond acceptors (Lipinski definition) is 6. The third-order valence-electron chi connectivity index (χ3n) is 3.41. The minimum atomic E-state index is -3.98. The van der Waals surface area contributed by atoms with Crippen LogP contribution in [0.4, 0.5) is 5.69 Å². The van der Waals surface area contributed by atoms with E-state index in [0.29, 0.717) is 17.0 Å². The van der Waals surface area contributed by atoms with Crippen LogP contribution in [0.15, 0.2) is 70.4 Å². The van der Waals surface area contributed by atoms with Gasteiger partial charge in [0.05, 0.1) is 18.9 Å². The maximum Gasteiger partial charge on any atom is 0.339 e. The van der Waals surface area contributed by atoms with Crippen molar-refractivity contribution in [3.8, 4) is 11.3 Å². The first kappa shape index (κ1) is 16.7. The van der Waals surface area contributed by atoms with Crippen molar-refractivity contribution in [1.82, 2.24) is 4.98 Å². The molecule has 0 amide bonds. The van der Waals surface area contributed by atoms with E-state index in [1.807, 2.05) is 0 Å². The van der Waals surface area contributed by atoms with Gasteiger partial charge in [0.1, 0.15) is 4.90 Å². The highest BCUT2D eigenvalue weighted by atomic mass is 32.2. The molecule has 0 atom stereocenters. The van der Waals surface area contributed by atoms with Gasteiger partial charge in [0, 0.05) is 11.3 Å². The Bertz CT molecular complexity index is 997. The predicted molar refractivity (Wildman–Crippen MR) is 90.5 cm³/mol. The van der Waals surface area contributed by atoms with Gasteiger partial charge >= 0.3 is 5.97 Å². The molecule has 0 saturated carbocycles. The highest BCUT2D eigenvalue weighted by molar-refractivity contribution is 7.92. The first-order valence-corrected chi connectivity index (χ1v) is 8.68. The van der Waals surface area contributed by atoms with Gasteiger partial charge in [-0.25, -0.2) is 18.2 Å². The molecule has 0 bridgehead atoms. The number of carbonyl (C=O) groups excluding carboxylic acids is 1. The van der Waals surface area contributed by atoms with Crippen LogP contribution >= 0.6 is 0 Å². The summed E-state index contributed by atoms with van der Waals surface area (Å²) >= 11 is 0. The molecule has 0 aliphatic heterocycles. The Kier molecular flexibility index (Phi) is 4.53. The summed E-state index contributed by atoms with van der Waals surface area (Å²) in [4.78, 5) is 15.5. The molecule has 7 nitrogen and oxygen atoms in total. The van der Waals surface area contributed by atoms with Gasteiger partial charge in [-0.05, 0) is 24.3 Å². The minimum absolute atomic E-state index is 0.0381. The third kappa shape index (κ3) is 3.53. The molecule has 0 fully saturated rings. The first-order valence-electron chi connectivity index (χ1n) is 7.20. The van der Waals surface area contributed by atoms with Gasteiger partial charge < -0.3 is 9.15 Å². The molecule has 3 rings (SSSR count). The van der Waals surface area contributed by atoms with Gasteiger partial charge in [0.25, 0.3) is 10.0 Å². The van der Waals surface area contributed by atoms with Gasteiger partial charge in [0.2, 0.25) is 0 Å². The third-order valence-corrected chi connectivity index (χ3v) is 4.85. The summed E-state index contributed by atoms with van der Waals surface area (Å²) in [7, 11) is -2.79. The lowest BCUT2D eigenvalue weighted by Crippen LogP contribution is -2.17. The summed E-state index contributed by atoms with van der Waals surface area (Å²) in [5.74, 6) is -0.215. The smallest absolute Gasteiger partial charge is 0.339 e. The average Bonchev–Trinajstić information content (AvgIpc) is 3.15. The Hall–Kier alpha value is -3.13. The lowest BCUT2D eigenvalue weighted by molar-refractivity contribution is 0.0596. The Morgan fingerprint density at radius 2 is 1.96 bits per heavy atom. The number of sulfonamides is 1. The topological polar surface area (TPSA) is 98.5 Å². The van der Waals surface area contributed by atoms with Crippen molar-refractivity contribution in [3.63, 3.8) is 0 Å². The quantitative estimate of drug-likeness (QED) is 0.704. The Labute approximate surface area is 144 Å². The van der Waals surface area contributed by atoms with Crippen molar-refractivity contribution in [3.05, 3.63) is 66.7 Å². The average molecular weight is 358 g/mol. The fourth-order valence-corrected chi connectivity index (χ4v) is 3.53. The zero-order valence-electron chi connectivity index (χ0n) is 13.2. The maximum atomic E-state index is 12.7. The maximum absolute atomic E-state index is 12.7. The number of benzene rings is 2. The van der Waals surface area contributed by atoms with Crippen molar-refractivity contribution < 1.29 is 22.4 Å². The highest BCUT2D eigenvalue weighted by Gasteiger charge is 2.22. The SMILES string of the molecule is COC(=O)c1ccccc1S(=O)(=O)Nc1cccc(-c2cnco2)c1. The molecule has 0 saturated heterocycles. The van der Waals surface area contributed by atoms with Crippen LogP contribution in [-0.2, 0) is 14.8 Å². The van der Waals surface area contributed by atoms with Gasteiger partial charge in [0.15, 0.2) is 12.2 Å². The first-order chi connectivity index (χ1) is 12.0. The second kappa shape index (κ2) is 6.78. The summed E-state index contributed by atoms with van der Waals surface area (Å²) in [6.45, 7) is 0. The molecule has 128 valence electrons. The van der Waals surface area contributed by atoms with E-state index in [1.165, 1.54) is 37.9 Å². The molecule has 0 spiro atoms. The summed E-state index contributed by atoms with van der Waals surface area (Å²) in [6, 6.07) is 12.5. The summed E-state index contributed by atoms with van der Waals surface area (Å²) in [5, 5.41) is 0. The molecule has 0 aliphatic carbocycles. The van der Waals surface area contributed by atoms with E-state index in [-0.39, 0.29) is 10.5 Å². The second-order valence-corrected chi connectivity index (χ2v) is 6.69. The molecule has 1 aromatic heterocycles. The highest BCUT2D eigenvalue weighted by Crippen LogP contribution is 2.25. The number of ether oxygens (including phenoxy) is 1. The van der Waals surface area contributed by atoms with Crippen molar-refractivity contribution in [2.24, 2.45) is 0 Å². The van der Waals surface area contributed by atoms with Crippen LogP contribution in [0, 0.1) is 0 Å². The summed E-state index contributed by atoms with van der Waals surface area (Å²) < 4.78 is 37.7. The van der Waals surface area contributed by atoms with E-state index in [0.717, 1.165) is 0 Å². The normalized spacial score (nSPS) is 11.1. The molecule has 1 N–H and O–H groups in total. The van der Waals surface area contributed by atoms with Crippen LogP contribution in [0.1, 0.15) is 10.4 Å². The van der Waals surface area contributed by atoms with E-state index < -0.39 is 16.0 Å². The number of esters is 1. The van der Waals surface area contributed by atoms with Crippen LogP contribution in [0.2, 0.25) is 0 Å². The molecule has 25 heavy (non-hydrogen) atoms. The lowest BCUT2D eigenvalue weighted by Gasteiger charge is -2.11. The Balaban J connectivity index is 1.96. The van der Waals surface area contributed by atoms with Crippen LogP contribution in [0.3, 0.4) is 0 Å². The zero-order valence-corrected chi connectivity index (χ0v) is 14.0. The number of nitrogens with one attached hydrogen (secondary N) is 1. The van der Waals surface area contributed by atoms with E-state index in [4.69, 9.17) is 4.42 Å². The number of methoxy groups -OCH3 is 1. The van der Waals surface area contributed by atoms with Crippen LogP contribution in [0.5, 0.6) is 0 Å². The van der Waals surface area contributed by atoms with Gasteiger partial charge in [-0.1, -0.05) is 24.3 Å². The van der Waals surface area contributed by atoms with Gasteiger partial charge in [-0.2, -0.15) is 0 Å². The molecule has 1 heterocycles. The fourth-order valence-electron chi connectivity index (χ4n) is 2.28. The molecule has 0 aliphatic rings. The van der Waals surface area contributed by atoms with Crippen LogP contribution < -0.4 is 4.72 Å². The number of carbonyl (C=O) groups is 1. The molecule has 2 aromatic carbocycles. The number of anilines is 1. The summed E-state index contributed by atoms with van der Waals surface area (Å²) in [5.41, 5.74) is 0.955. The van der Waals surface area contributed by atoms with Crippen molar-refractivity contribution >= 4 is 21.7 Å². The van der Waals surface area contributed by atoms with Crippen molar-refractivity contribution in [1.29, 1.82) is 0 Å². The largest absolute Gasteiger partial charge is 0.465 e. The zero-order chi connectivity index (χ0) is 17.9. The molecular weight excluding hydrogens is 344 g/mol. The lowest BCUT2D eigenvalue weighted by atomic mass is 10.2. The predicted octanol–water partition coefficient (Wildman–Crippen LogP) is 2.93. The molecule has 3 aromatic rings. The number of aromatic nitrogens is 1. The van der Waals surface area contributed by atoms with Gasteiger partial charge in [-0.3, -0.25) is 4.72 Å². The van der Waals surface area contributed by atoms with Crippen LogP contribution in [0.25, 0.3) is 11.3 Å². The monoisotopic (exact) mass is 358 g/mol. The number of oxazole rings is 1. The Morgan fingerprint density at radius 3 is 2.68 bits per heavy atom.